The highest BCUT2D eigenvalue weighted by Gasteiger charge is 2.00. The molecule has 0 aromatic rings. The van der Waals surface area contributed by atoms with Crippen molar-refractivity contribution in [2.45, 2.75) is 6.42 Å². The second-order valence-corrected chi connectivity index (χ2v) is 2.40. The molecule has 0 atom stereocenters. The van der Waals surface area contributed by atoms with Gasteiger partial charge in [-0.3, -0.25) is 5.41 Å². The van der Waals surface area contributed by atoms with Gasteiger partial charge in [0.2, 0.25) is 0 Å². The fourth-order valence-corrected chi connectivity index (χ4v) is 0.462. The van der Waals surface area contributed by atoms with E-state index in [1.165, 1.54) is 4.90 Å². The number of urea groups is 1. The largest absolute Gasteiger partial charge is 0.388 e. The standard InChI is InChI=1S/C6H14N4O/c1-10(2)6(11)9-4-3-5(7)8/h3-4H2,1-2H3,(H3,7,8)(H,9,11). The van der Waals surface area contributed by atoms with Gasteiger partial charge in [-0.1, -0.05) is 0 Å². The topological polar surface area (TPSA) is 82.2 Å². The van der Waals surface area contributed by atoms with E-state index in [0.717, 1.165) is 0 Å². The highest BCUT2D eigenvalue weighted by Crippen LogP contribution is 1.78. The SMILES string of the molecule is CN(C)C(=O)NCCC(=N)N. The van der Waals surface area contributed by atoms with Crippen LogP contribution in [-0.2, 0) is 0 Å². The molecule has 4 N–H and O–H groups in total. The zero-order valence-corrected chi connectivity index (χ0v) is 6.85. The maximum Gasteiger partial charge on any atom is 0.316 e. The van der Waals surface area contributed by atoms with Crippen LogP contribution in [0.1, 0.15) is 6.42 Å². The summed E-state index contributed by atoms with van der Waals surface area (Å²) in [7, 11) is 3.31. The van der Waals surface area contributed by atoms with Gasteiger partial charge in [0.25, 0.3) is 0 Å². The summed E-state index contributed by atoms with van der Waals surface area (Å²) >= 11 is 0. The number of nitrogens with one attached hydrogen (secondary N) is 2. The third-order valence-electron chi connectivity index (χ3n) is 1.08. The van der Waals surface area contributed by atoms with Crippen molar-refractivity contribution in [3.8, 4) is 0 Å². The maximum absolute atomic E-state index is 10.8. The van der Waals surface area contributed by atoms with Gasteiger partial charge in [-0.15, -0.1) is 0 Å². The second kappa shape index (κ2) is 4.54. The Labute approximate surface area is 66.1 Å². The number of rotatable bonds is 3. The molecule has 64 valence electrons. The van der Waals surface area contributed by atoms with Crippen LogP contribution in [0.4, 0.5) is 4.79 Å². The molecule has 2 amide bonds. The summed E-state index contributed by atoms with van der Waals surface area (Å²) in [4.78, 5) is 12.3. The number of amides is 2. The molecule has 5 nitrogen and oxygen atoms in total. The number of amidine groups is 1. The first-order valence-electron chi connectivity index (χ1n) is 3.32. The minimum atomic E-state index is -0.161. The van der Waals surface area contributed by atoms with Crippen molar-refractivity contribution < 1.29 is 4.79 Å². The van der Waals surface area contributed by atoms with Crippen LogP contribution in [0.5, 0.6) is 0 Å². The fraction of sp³-hybridized carbons (Fsp3) is 0.667. The first kappa shape index (κ1) is 9.74. The first-order valence-corrected chi connectivity index (χ1v) is 3.32. The molecule has 5 heteroatoms. The summed E-state index contributed by atoms with van der Waals surface area (Å²) in [6, 6.07) is -0.161. The highest BCUT2D eigenvalue weighted by atomic mass is 16.2. The predicted molar refractivity (Wildman–Crippen MR) is 43.6 cm³/mol. The molecule has 0 unspecified atom stereocenters. The van der Waals surface area contributed by atoms with Gasteiger partial charge in [0.1, 0.15) is 0 Å². The third kappa shape index (κ3) is 5.20. The van der Waals surface area contributed by atoms with E-state index in [0.29, 0.717) is 13.0 Å². The van der Waals surface area contributed by atoms with Gasteiger partial charge >= 0.3 is 6.03 Å². The van der Waals surface area contributed by atoms with Crippen LogP contribution in [0.2, 0.25) is 0 Å². The van der Waals surface area contributed by atoms with Gasteiger partial charge in [0.05, 0.1) is 5.84 Å². The molecule has 0 bridgehead atoms. The molecule has 0 radical (unpaired) electrons. The Kier molecular flexibility index (Phi) is 4.02. The van der Waals surface area contributed by atoms with Crippen LogP contribution < -0.4 is 11.1 Å². The Balaban J connectivity index is 3.39. The molecule has 0 heterocycles. The Morgan fingerprint density at radius 1 is 1.64 bits per heavy atom. The zero-order valence-electron chi connectivity index (χ0n) is 6.85. The van der Waals surface area contributed by atoms with Gasteiger partial charge in [-0.25, -0.2) is 4.79 Å². The Morgan fingerprint density at radius 3 is 2.55 bits per heavy atom. The molecule has 0 rings (SSSR count). The van der Waals surface area contributed by atoms with Gasteiger partial charge in [0.15, 0.2) is 0 Å². The van der Waals surface area contributed by atoms with Crippen LogP contribution in [-0.4, -0.2) is 37.4 Å². The van der Waals surface area contributed by atoms with Crippen molar-refractivity contribution in [3.05, 3.63) is 0 Å². The van der Waals surface area contributed by atoms with E-state index < -0.39 is 0 Å². The van der Waals surface area contributed by atoms with Crippen molar-refractivity contribution in [2.75, 3.05) is 20.6 Å². The second-order valence-electron chi connectivity index (χ2n) is 2.40. The number of hydrogen-bond donors (Lipinski definition) is 3. The third-order valence-corrected chi connectivity index (χ3v) is 1.08. The van der Waals surface area contributed by atoms with Crippen LogP contribution in [0.15, 0.2) is 0 Å². The van der Waals surface area contributed by atoms with Gasteiger partial charge in [-0.05, 0) is 0 Å². The molecule has 0 aromatic carbocycles. The van der Waals surface area contributed by atoms with E-state index in [9.17, 15) is 4.79 Å². The highest BCUT2D eigenvalue weighted by molar-refractivity contribution is 5.78. The van der Waals surface area contributed by atoms with E-state index in [4.69, 9.17) is 11.1 Å². The number of nitrogens with two attached hydrogens (primary N) is 1. The summed E-state index contributed by atoms with van der Waals surface area (Å²) in [5.41, 5.74) is 5.07. The normalized spacial score (nSPS) is 8.91. The van der Waals surface area contributed by atoms with Crippen LogP contribution in [0.3, 0.4) is 0 Å². The van der Waals surface area contributed by atoms with Gasteiger partial charge < -0.3 is 16.0 Å². The molecular weight excluding hydrogens is 144 g/mol. The Bertz CT molecular complexity index is 155. The molecule has 0 saturated heterocycles. The smallest absolute Gasteiger partial charge is 0.316 e. The van der Waals surface area contributed by atoms with E-state index in [-0.39, 0.29) is 11.9 Å². The van der Waals surface area contributed by atoms with E-state index in [2.05, 4.69) is 5.32 Å². The first-order chi connectivity index (χ1) is 5.04. The Morgan fingerprint density at radius 2 is 2.18 bits per heavy atom. The number of carbonyl (C=O) groups excluding carboxylic acids is 1. The van der Waals surface area contributed by atoms with Crippen molar-refractivity contribution >= 4 is 11.9 Å². The van der Waals surface area contributed by atoms with E-state index in [1.807, 2.05) is 0 Å². The lowest BCUT2D eigenvalue weighted by molar-refractivity contribution is 0.218. The van der Waals surface area contributed by atoms with Gasteiger partial charge in [0, 0.05) is 27.1 Å². The minimum absolute atomic E-state index is 0.0871. The van der Waals surface area contributed by atoms with Crippen LogP contribution >= 0.6 is 0 Å². The summed E-state index contributed by atoms with van der Waals surface area (Å²) < 4.78 is 0. The summed E-state index contributed by atoms with van der Waals surface area (Å²) in [6.45, 7) is 0.423. The molecule has 0 aliphatic rings. The number of carbonyl (C=O) groups is 1. The molecule has 0 spiro atoms. The van der Waals surface area contributed by atoms with Gasteiger partial charge in [-0.2, -0.15) is 0 Å². The molecular formula is C6H14N4O. The lowest BCUT2D eigenvalue weighted by Crippen LogP contribution is -2.36. The molecule has 11 heavy (non-hydrogen) atoms. The number of hydrogen-bond acceptors (Lipinski definition) is 2. The van der Waals surface area contributed by atoms with Crippen molar-refractivity contribution in [1.29, 1.82) is 5.41 Å². The molecule has 0 saturated carbocycles. The lowest BCUT2D eigenvalue weighted by Gasteiger charge is -2.10. The van der Waals surface area contributed by atoms with Crippen molar-refractivity contribution in [2.24, 2.45) is 5.73 Å². The lowest BCUT2D eigenvalue weighted by atomic mass is 10.4. The molecule has 0 aliphatic heterocycles. The summed E-state index contributed by atoms with van der Waals surface area (Å²) in [5, 5.41) is 9.44. The minimum Gasteiger partial charge on any atom is -0.388 e. The zero-order chi connectivity index (χ0) is 8.85. The number of nitrogens with zero attached hydrogens (tertiary/aromatic N) is 1. The Hall–Kier alpha value is -1.26. The quantitative estimate of drug-likeness (QED) is 0.385. The monoisotopic (exact) mass is 158 g/mol. The summed E-state index contributed by atoms with van der Waals surface area (Å²) in [5.74, 6) is 0.0871. The maximum atomic E-state index is 10.8. The average molecular weight is 158 g/mol. The molecule has 0 aliphatic carbocycles. The van der Waals surface area contributed by atoms with E-state index >= 15 is 0 Å². The molecule has 0 aromatic heterocycles. The van der Waals surface area contributed by atoms with Crippen molar-refractivity contribution in [3.63, 3.8) is 0 Å². The average Bonchev–Trinajstić information content (AvgIpc) is 1.86. The van der Waals surface area contributed by atoms with E-state index in [1.54, 1.807) is 14.1 Å². The van der Waals surface area contributed by atoms with Crippen LogP contribution in [0, 0.1) is 5.41 Å². The fourth-order valence-electron chi connectivity index (χ4n) is 0.462. The van der Waals surface area contributed by atoms with Crippen LogP contribution in [0.25, 0.3) is 0 Å². The summed E-state index contributed by atoms with van der Waals surface area (Å²) in [6.07, 6.45) is 0.402. The molecule has 0 fully saturated rings. The van der Waals surface area contributed by atoms with Crippen molar-refractivity contribution in [1.82, 2.24) is 10.2 Å². The predicted octanol–water partition coefficient (Wildman–Crippen LogP) is -0.416.